The van der Waals surface area contributed by atoms with Gasteiger partial charge in [-0.3, -0.25) is 0 Å². The molecule has 0 saturated heterocycles. The smallest absolute Gasteiger partial charge is 0.146 e. The Hall–Kier alpha value is -0.300. The third kappa shape index (κ3) is 1.43. The zero-order valence-corrected chi connectivity index (χ0v) is 10.5. The van der Waals surface area contributed by atoms with Crippen LogP contribution in [0.3, 0.4) is 0 Å². The molecule has 68 valence electrons. The van der Waals surface area contributed by atoms with E-state index in [1.807, 2.05) is 6.20 Å². The van der Waals surface area contributed by atoms with E-state index in [1.165, 1.54) is 0 Å². The topological polar surface area (TPSA) is 37.9 Å². The molecule has 0 unspecified atom stereocenters. The Morgan fingerprint density at radius 1 is 1.62 bits per heavy atom. The molecule has 3 nitrogen and oxygen atoms in total. The predicted molar refractivity (Wildman–Crippen MR) is 63.1 cm³/mol. The molecule has 0 fully saturated rings. The van der Waals surface area contributed by atoms with Crippen molar-refractivity contribution in [1.29, 1.82) is 0 Å². The van der Waals surface area contributed by atoms with E-state index >= 15 is 0 Å². The van der Waals surface area contributed by atoms with Crippen molar-refractivity contribution in [2.75, 3.05) is 7.11 Å². The third-order valence-electron chi connectivity index (χ3n) is 1.77. The molecule has 13 heavy (non-hydrogen) atoms. The summed E-state index contributed by atoms with van der Waals surface area (Å²) in [5.41, 5.74) is 0.851. The maximum Gasteiger partial charge on any atom is 0.146 e. The van der Waals surface area contributed by atoms with Crippen molar-refractivity contribution in [1.82, 2.24) is 9.97 Å². The van der Waals surface area contributed by atoms with Crippen LogP contribution in [0.4, 0.5) is 0 Å². The number of ether oxygens (including phenoxy) is 1. The van der Waals surface area contributed by atoms with Gasteiger partial charge in [-0.05, 0) is 38.5 Å². The Balaban J connectivity index is 2.88. The van der Waals surface area contributed by atoms with Gasteiger partial charge in [0.25, 0.3) is 0 Å². The van der Waals surface area contributed by atoms with Crippen molar-refractivity contribution in [3.63, 3.8) is 0 Å². The minimum absolute atomic E-state index is 0.829. The fraction of sp³-hybridized carbons (Fsp3) is 0.125. The fourth-order valence-electron chi connectivity index (χ4n) is 1.21. The van der Waals surface area contributed by atoms with Crippen LogP contribution in [0, 0.1) is 3.57 Å². The molecule has 0 aliphatic rings. The van der Waals surface area contributed by atoms with E-state index in [1.54, 1.807) is 13.3 Å². The summed E-state index contributed by atoms with van der Waals surface area (Å²) in [5, 5.41) is 1.03. The standard InChI is InChI=1S/C8H6BrIN2O/c1-13-7-4(9)2-11-8-6(7)5(10)3-12-8/h2-3H,1H3,(H,11,12). The lowest BCUT2D eigenvalue weighted by Crippen LogP contribution is -1.88. The van der Waals surface area contributed by atoms with E-state index in [4.69, 9.17) is 4.74 Å². The van der Waals surface area contributed by atoms with Gasteiger partial charge in [0.1, 0.15) is 11.4 Å². The third-order valence-corrected chi connectivity index (χ3v) is 3.18. The minimum atomic E-state index is 0.829. The van der Waals surface area contributed by atoms with E-state index in [-0.39, 0.29) is 0 Å². The number of halogens is 2. The van der Waals surface area contributed by atoms with Crippen LogP contribution in [0.5, 0.6) is 5.75 Å². The number of fused-ring (bicyclic) bond motifs is 1. The molecule has 0 aliphatic heterocycles. The van der Waals surface area contributed by atoms with Crippen LogP contribution in [0.2, 0.25) is 0 Å². The highest BCUT2D eigenvalue weighted by atomic mass is 127. The molecule has 1 N–H and O–H groups in total. The molecule has 5 heteroatoms. The van der Waals surface area contributed by atoms with Gasteiger partial charge in [0.15, 0.2) is 0 Å². The van der Waals surface area contributed by atoms with E-state index in [9.17, 15) is 0 Å². The molecule has 2 aromatic heterocycles. The number of hydrogen-bond acceptors (Lipinski definition) is 2. The van der Waals surface area contributed by atoms with Crippen molar-refractivity contribution in [2.45, 2.75) is 0 Å². The van der Waals surface area contributed by atoms with Crippen molar-refractivity contribution in [3.8, 4) is 5.75 Å². The molecular formula is C8H6BrIN2O. The first-order valence-electron chi connectivity index (χ1n) is 3.59. The summed E-state index contributed by atoms with van der Waals surface area (Å²) < 4.78 is 7.27. The second kappa shape index (κ2) is 3.45. The number of aromatic nitrogens is 2. The zero-order valence-electron chi connectivity index (χ0n) is 6.77. The van der Waals surface area contributed by atoms with Crippen LogP contribution in [0.1, 0.15) is 0 Å². The van der Waals surface area contributed by atoms with Gasteiger partial charge in [-0.25, -0.2) is 4.98 Å². The fourth-order valence-corrected chi connectivity index (χ4v) is 2.32. The minimum Gasteiger partial charge on any atom is -0.495 e. The summed E-state index contributed by atoms with van der Waals surface area (Å²) in [6.07, 6.45) is 3.64. The Labute approximate surface area is 97.1 Å². The first kappa shape index (κ1) is 9.26. The van der Waals surface area contributed by atoms with Gasteiger partial charge in [-0.1, -0.05) is 0 Å². The summed E-state index contributed by atoms with van der Waals surface area (Å²) in [4.78, 5) is 7.29. The zero-order chi connectivity index (χ0) is 9.42. The molecule has 2 heterocycles. The summed E-state index contributed by atoms with van der Waals surface area (Å²) in [6, 6.07) is 0. The summed E-state index contributed by atoms with van der Waals surface area (Å²) >= 11 is 5.64. The van der Waals surface area contributed by atoms with Crippen molar-refractivity contribution >= 4 is 49.6 Å². The first-order chi connectivity index (χ1) is 6.24. The highest BCUT2D eigenvalue weighted by Crippen LogP contribution is 2.34. The number of methoxy groups -OCH3 is 1. The van der Waals surface area contributed by atoms with E-state index < -0.39 is 0 Å². The monoisotopic (exact) mass is 352 g/mol. The summed E-state index contributed by atoms with van der Waals surface area (Å²) in [7, 11) is 1.66. The SMILES string of the molecule is COc1c(Br)cnc2[nH]cc(I)c12. The Kier molecular flexibility index (Phi) is 2.46. The number of rotatable bonds is 1. The first-order valence-corrected chi connectivity index (χ1v) is 5.46. The normalized spacial score (nSPS) is 10.7. The van der Waals surface area contributed by atoms with Crippen LogP contribution < -0.4 is 4.74 Å². The second-order valence-corrected chi connectivity index (χ2v) is 4.52. The van der Waals surface area contributed by atoms with Crippen LogP contribution >= 0.6 is 38.5 Å². The van der Waals surface area contributed by atoms with Gasteiger partial charge < -0.3 is 9.72 Å². The maximum absolute atomic E-state index is 5.29. The Morgan fingerprint density at radius 2 is 2.38 bits per heavy atom. The molecule has 0 bridgehead atoms. The lowest BCUT2D eigenvalue weighted by atomic mass is 10.3. The lowest BCUT2D eigenvalue weighted by molar-refractivity contribution is 0.416. The molecule has 0 saturated carbocycles. The number of nitrogens with one attached hydrogen (secondary N) is 1. The van der Waals surface area contributed by atoms with Crippen molar-refractivity contribution in [3.05, 3.63) is 20.4 Å². The number of nitrogens with zero attached hydrogens (tertiary/aromatic N) is 1. The van der Waals surface area contributed by atoms with E-state index in [0.29, 0.717) is 0 Å². The second-order valence-electron chi connectivity index (χ2n) is 2.50. The summed E-state index contributed by atoms with van der Waals surface area (Å²) in [5.74, 6) is 0.829. The lowest BCUT2D eigenvalue weighted by Gasteiger charge is -2.03. The van der Waals surface area contributed by atoms with Crippen LogP contribution in [0.25, 0.3) is 11.0 Å². The van der Waals surface area contributed by atoms with Crippen LogP contribution in [0.15, 0.2) is 16.9 Å². The van der Waals surface area contributed by atoms with Crippen molar-refractivity contribution in [2.24, 2.45) is 0 Å². The Morgan fingerprint density at radius 3 is 3.08 bits per heavy atom. The number of hydrogen-bond donors (Lipinski definition) is 1. The largest absolute Gasteiger partial charge is 0.495 e. The highest BCUT2D eigenvalue weighted by Gasteiger charge is 2.11. The average molecular weight is 353 g/mol. The molecular weight excluding hydrogens is 347 g/mol. The Bertz CT molecular complexity index is 455. The van der Waals surface area contributed by atoms with Gasteiger partial charge in [0, 0.05) is 16.0 Å². The molecule has 0 atom stereocenters. The van der Waals surface area contributed by atoms with Gasteiger partial charge >= 0.3 is 0 Å². The highest BCUT2D eigenvalue weighted by molar-refractivity contribution is 14.1. The molecule has 2 aromatic rings. The van der Waals surface area contributed by atoms with Gasteiger partial charge in [-0.15, -0.1) is 0 Å². The van der Waals surface area contributed by atoms with E-state index in [0.717, 1.165) is 24.8 Å². The molecule has 0 amide bonds. The molecule has 0 aliphatic carbocycles. The number of pyridine rings is 1. The van der Waals surface area contributed by atoms with Gasteiger partial charge in [0.05, 0.1) is 17.0 Å². The molecule has 0 spiro atoms. The van der Waals surface area contributed by atoms with Crippen molar-refractivity contribution < 1.29 is 4.74 Å². The average Bonchev–Trinajstić information content (AvgIpc) is 2.49. The predicted octanol–water partition coefficient (Wildman–Crippen LogP) is 2.94. The van der Waals surface area contributed by atoms with Crippen LogP contribution in [-0.4, -0.2) is 17.1 Å². The van der Waals surface area contributed by atoms with Gasteiger partial charge in [0.2, 0.25) is 0 Å². The molecule has 2 rings (SSSR count). The summed E-state index contributed by atoms with van der Waals surface area (Å²) in [6.45, 7) is 0. The van der Waals surface area contributed by atoms with E-state index in [2.05, 4.69) is 48.5 Å². The van der Waals surface area contributed by atoms with Gasteiger partial charge in [-0.2, -0.15) is 0 Å². The maximum atomic E-state index is 5.29. The number of aromatic amines is 1. The number of H-pyrrole nitrogens is 1. The molecule has 0 radical (unpaired) electrons. The quantitative estimate of drug-likeness (QED) is 0.801. The molecule has 0 aromatic carbocycles. The van der Waals surface area contributed by atoms with Crippen LogP contribution in [-0.2, 0) is 0 Å².